The molecule has 0 saturated heterocycles. The summed E-state index contributed by atoms with van der Waals surface area (Å²) in [5, 5.41) is 0.509. The number of hydrogen-bond donors (Lipinski definition) is 1. The van der Waals surface area contributed by atoms with Gasteiger partial charge in [0.2, 0.25) is 5.91 Å². The monoisotopic (exact) mass is 773 g/mol. The van der Waals surface area contributed by atoms with E-state index in [-0.39, 0.29) is 46.6 Å². The summed E-state index contributed by atoms with van der Waals surface area (Å²) in [5.74, 6) is -4.10. The van der Waals surface area contributed by atoms with Gasteiger partial charge < -0.3 is 33.9 Å². The highest BCUT2D eigenvalue weighted by Crippen LogP contribution is 2.33. The number of halogens is 3. The lowest BCUT2D eigenvalue weighted by molar-refractivity contribution is -0.125. The summed E-state index contributed by atoms with van der Waals surface area (Å²) in [5.41, 5.74) is -1.98. The minimum Gasteiger partial charge on any atom is -0.486 e. The van der Waals surface area contributed by atoms with Crippen LogP contribution in [0, 0.1) is 17.5 Å². The Morgan fingerprint density at radius 3 is 2.27 bits per heavy atom. The van der Waals surface area contributed by atoms with Gasteiger partial charge >= 0.3 is 12.2 Å². The minimum atomic E-state index is -2.06. The number of carbonyl (C=O) groups is 4. The molecule has 1 atom stereocenters. The predicted molar refractivity (Wildman–Crippen MR) is 203 cm³/mol. The van der Waals surface area contributed by atoms with Crippen LogP contribution in [0.1, 0.15) is 38.4 Å². The summed E-state index contributed by atoms with van der Waals surface area (Å²) in [6.45, 7) is 4.08. The number of anilines is 1. The normalized spacial score (nSPS) is 12.3. The van der Waals surface area contributed by atoms with Crippen molar-refractivity contribution in [1.82, 2.24) is 18.9 Å². The first-order valence-corrected chi connectivity index (χ1v) is 17.1. The molecule has 0 aliphatic heterocycles. The van der Waals surface area contributed by atoms with E-state index in [1.54, 1.807) is 20.8 Å². The molecule has 13 nitrogen and oxygen atoms in total. The summed E-state index contributed by atoms with van der Waals surface area (Å²) >= 11 is 0. The van der Waals surface area contributed by atoms with Gasteiger partial charge in [-0.05, 0) is 69.7 Å². The van der Waals surface area contributed by atoms with Crippen molar-refractivity contribution in [1.29, 1.82) is 0 Å². The molecule has 4 radical (unpaired) electrons. The molecule has 56 heavy (non-hydrogen) atoms. The summed E-state index contributed by atoms with van der Waals surface area (Å²) < 4.78 is 61.9. The summed E-state index contributed by atoms with van der Waals surface area (Å²) in [7, 11) is 18.3. The molecule has 0 aliphatic rings. The molecule has 0 saturated carbocycles. The molecule has 4 rings (SSSR count). The second-order valence-corrected chi connectivity index (χ2v) is 14.3. The lowest BCUT2D eigenvalue weighted by atomic mass is 9.49. The number of allylic oxidation sites excluding steroid dienone is 1. The maximum atomic E-state index is 14.9. The number of aromatic nitrogens is 2. The summed E-state index contributed by atoms with van der Waals surface area (Å²) in [6, 6.07) is 9.09. The van der Waals surface area contributed by atoms with E-state index in [1.165, 1.54) is 75.7 Å². The highest BCUT2D eigenvalue weighted by atomic mass is 19.1. The van der Waals surface area contributed by atoms with Gasteiger partial charge in [-0.1, -0.05) is 11.3 Å². The first-order valence-electron chi connectivity index (χ1n) is 17.1. The van der Waals surface area contributed by atoms with Crippen LogP contribution in [0.3, 0.4) is 0 Å². The topological polar surface area (TPSA) is 141 Å². The lowest BCUT2D eigenvalue weighted by Gasteiger charge is -2.33. The average Bonchev–Trinajstić information content (AvgIpc) is 3.45. The van der Waals surface area contributed by atoms with Crippen LogP contribution < -0.4 is 15.6 Å². The Morgan fingerprint density at radius 2 is 1.64 bits per heavy atom. The second-order valence-electron chi connectivity index (χ2n) is 14.3. The van der Waals surface area contributed by atoms with Gasteiger partial charge in [-0.25, -0.2) is 27.3 Å². The number of benzene rings is 2. The molecule has 0 fully saturated rings. The molecule has 4 aromatic rings. The SMILES string of the molecule is [B]C([B])(C/C=C/C(=O)N(C)C)C(OC(=O)N(C)C)C(=O)Nc1cccn(Cc2cc3cc(F)cc(OCc4ccc(F)cc4F)c3n2C(=O)OC(C)(C)C)c1=O. The Morgan fingerprint density at radius 1 is 0.946 bits per heavy atom. The van der Waals surface area contributed by atoms with Crippen molar-refractivity contribution in [2.24, 2.45) is 0 Å². The van der Waals surface area contributed by atoms with Crippen LogP contribution in [0.2, 0.25) is 5.21 Å². The molecule has 3 amide bonds. The van der Waals surface area contributed by atoms with Crippen molar-refractivity contribution in [2.75, 3.05) is 33.5 Å². The standard InChI is InChI=1S/C38H40B2F3N5O8/c1-37(2,3)56-36(53)48-26(17-23-16-25(42)19-29(31(23)48)54-21-22-12-13-24(41)18-27(22)43)20-47-15-9-10-28(34(47)51)44-33(50)32(55-35(52)46(6)7)38(39,40)14-8-11-30(49)45(4)5/h8-13,15-19,32H,14,20-21H2,1-7H3,(H,44,50)/b11-8+. The van der Waals surface area contributed by atoms with E-state index >= 15 is 0 Å². The van der Waals surface area contributed by atoms with Crippen LogP contribution in [0.4, 0.5) is 28.4 Å². The molecular formula is C38H40B2F3N5O8. The Bertz CT molecular complexity index is 2230. The van der Waals surface area contributed by atoms with Gasteiger partial charge in [-0.3, -0.25) is 14.4 Å². The van der Waals surface area contributed by atoms with Crippen molar-refractivity contribution < 1.29 is 46.6 Å². The number of carbonyl (C=O) groups excluding carboxylic acids is 4. The van der Waals surface area contributed by atoms with Gasteiger partial charge in [0.05, 0.1) is 27.9 Å². The van der Waals surface area contributed by atoms with E-state index in [4.69, 9.17) is 29.9 Å². The molecule has 2 aromatic carbocycles. The van der Waals surface area contributed by atoms with Crippen molar-refractivity contribution in [3.63, 3.8) is 0 Å². The number of likely N-dealkylation sites (N-methyl/N-ethyl adjacent to an activating group) is 1. The van der Waals surface area contributed by atoms with Gasteiger partial charge in [0.25, 0.3) is 11.5 Å². The number of pyridine rings is 1. The lowest BCUT2D eigenvalue weighted by Crippen LogP contribution is -2.45. The molecule has 0 spiro atoms. The third-order valence-corrected chi connectivity index (χ3v) is 7.97. The maximum absolute atomic E-state index is 14.9. The van der Waals surface area contributed by atoms with Gasteiger partial charge in [-0.2, -0.15) is 0 Å². The smallest absolute Gasteiger partial charge is 0.419 e. The van der Waals surface area contributed by atoms with Gasteiger partial charge in [0.1, 0.15) is 46.6 Å². The Kier molecular flexibility index (Phi) is 13.2. The second kappa shape index (κ2) is 17.3. The number of rotatable bonds is 12. The third-order valence-electron chi connectivity index (χ3n) is 7.97. The number of ether oxygens (including phenoxy) is 3. The number of nitrogens with one attached hydrogen (secondary N) is 1. The molecule has 2 heterocycles. The van der Waals surface area contributed by atoms with Crippen LogP contribution in [0.5, 0.6) is 5.75 Å². The molecule has 0 aliphatic carbocycles. The summed E-state index contributed by atoms with van der Waals surface area (Å²) in [6.07, 6.45) is -0.203. The fourth-order valence-electron chi connectivity index (χ4n) is 5.23. The third kappa shape index (κ3) is 10.6. The first-order chi connectivity index (χ1) is 26.1. The van der Waals surface area contributed by atoms with Crippen LogP contribution >= 0.6 is 0 Å². The quantitative estimate of drug-likeness (QED) is 0.155. The van der Waals surface area contributed by atoms with E-state index in [1.807, 2.05) is 0 Å². The summed E-state index contributed by atoms with van der Waals surface area (Å²) in [4.78, 5) is 68.1. The number of amides is 3. The molecule has 0 bridgehead atoms. The van der Waals surface area contributed by atoms with Crippen LogP contribution in [-0.2, 0) is 32.2 Å². The fourth-order valence-corrected chi connectivity index (χ4v) is 5.23. The highest BCUT2D eigenvalue weighted by molar-refractivity contribution is 6.42. The molecule has 292 valence electrons. The Hall–Kier alpha value is -5.93. The zero-order chi connectivity index (χ0) is 41.7. The Balaban J connectivity index is 1.73. The van der Waals surface area contributed by atoms with E-state index in [0.717, 1.165) is 32.2 Å². The molecule has 18 heteroatoms. The van der Waals surface area contributed by atoms with Crippen molar-refractivity contribution in [2.45, 2.75) is 57.3 Å². The highest BCUT2D eigenvalue weighted by Gasteiger charge is 2.38. The fraction of sp³-hybridized carbons (Fsp3) is 0.342. The first kappa shape index (κ1) is 42.8. The minimum absolute atomic E-state index is 0.0322. The van der Waals surface area contributed by atoms with Crippen LogP contribution in [-0.4, -0.2) is 98.5 Å². The molecular weight excluding hydrogens is 733 g/mol. The number of hydrogen-bond acceptors (Lipinski definition) is 8. The predicted octanol–water partition coefficient (Wildman–Crippen LogP) is 5.12. The maximum Gasteiger partial charge on any atom is 0.419 e. The van der Waals surface area contributed by atoms with Crippen LogP contribution in [0.25, 0.3) is 10.9 Å². The zero-order valence-corrected chi connectivity index (χ0v) is 31.9. The van der Waals surface area contributed by atoms with Gasteiger partial charge in [0, 0.05) is 57.5 Å². The molecule has 1 unspecified atom stereocenters. The number of fused-ring (bicyclic) bond motifs is 1. The average molecular weight is 773 g/mol. The van der Waals surface area contributed by atoms with E-state index in [2.05, 4.69) is 5.32 Å². The van der Waals surface area contributed by atoms with Crippen molar-refractivity contribution in [3.8, 4) is 5.75 Å². The van der Waals surface area contributed by atoms with E-state index in [9.17, 15) is 37.1 Å². The molecule has 2 aromatic heterocycles. The largest absolute Gasteiger partial charge is 0.486 e. The van der Waals surface area contributed by atoms with E-state index in [0.29, 0.717) is 6.07 Å². The van der Waals surface area contributed by atoms with Crippen molar-refractivity contribution >= 4 is 56.3 Å². The van der Waals surface area contributed by atoms with Gasteiger partial charge in [0.15, 0.2) is 6.10 Å². The van der Waals surface area contributed by atoms with E-state index < -0.39 is 70.5 Å². The van der Waals surface area contributed by atoms with Gasteiger partial charge in [-0.15, -0.1) is 0 Å². The molecule has 1 N–H and O–H groups in total. The van der Waals surface area contributed by atoms with Crippen molar-refractivity contribution in [3.05, 3.63) is 106 Å². The Labute approximate surface area is 323 Å². The van der Waals surface area contributed by atoms with Crippen LogP contribution in [0.15, 0.2) is 71.7 Å². The zero-order valence-electron chi connectivity index (χ0n) is 31.9. The number of nitrogens with zero attached hydrogens (tertiary/aromatic N) is 4.